The van der Waals surface area contributed by atoms with E-state index in [0.717, 1.165) is 12.1 Å². The fourth-order valence-corrected chi connectivity index (χ4v) is 2.81. The Morgan fingerprint density at radius 2 is 2.11 bits per heavy atom. The van der Waals surface area contributed by atoms with Crippen molar-refractivity contribution in [2.24, 2.45) is 0 Å². The third kappa shape index (κ3) is 5.51. The van der Waals surface area contributed by atoms with Crippen LogP contribution in [0.5, 0.6) is 5.88 Å². The van der Waals surface area contributed by atoms with Crippen LogP contribution in [0.2, 0.25) is 0 Å². The van der Waals surface area contributed by atoms with E-state index in [1.54, 1.807) is 13.8 Å². The Balaban J connectivity index is 2.25. The molecule has 0 amide bonds. The van der Waals surface area contributed by atoms with Gasteiger partial charge in [-0.05, 0) is 48.3 Å². The topological polar surface area (TPSA) is 93.5 Å². The Morgan fingerprint density at radius 1 is 1.39 bits per heavy atom. The maximum atomic E-state index is 13.8. The zero-order valence-corrected chi connectivity index (χ0v) is 16.9. The van der Waals surface area contributed by atoms with Gasteiger partial charge < -0.3 is 15.2 Å². The molecule has 0 bridgehead atoms. The lowest BCUT2D eigenvalue weighted by atomic mass is 10.2. The molecule has 0 aliphatic heterocycles. The Labute approximate surface area is 168 Å². The molecule has 1 aromatic heterocycles. The zero-order chi connectivity index (χ0) is 20.8. The molecule has 0 fully saturated rings. The summed E-state index contributed by atoms with van der Waals surface area (Å²) in [7, 11) is 0. The number of benzene rings is 1. The highest BCUT2D eigenvalue weighted by Gasteiger charge is 2.18. The predicted molar refractivity (Wildman–Crippen MR) is 103 cm³/mol. The molecule has 2 rings (SSSR count). The number of nitrogens with one attached hydrogen (secondary N) is 1. The molecule has 1 aromatic carbocycles. The number of aliphatic carboxylic acids is 1. The van der Waals surface area contributed by atoms with Gasteiger partial charge in [0.05, 0.1) is 0 Å². The maximum Gasteiger partial charge on any atom is 0.303 e. The molecule has 0 unspecified atom stereocenters. The lowest BCUT2D eigenvalue weighted by Crippen LogP contribution is -2.28. The van der Waals surface area contributed by atoms with Crippen LogP contribution in [0.25, 0.3) is 0 Å². The minimum Gasteiger partial charge on any atom is -0.481 e. The summed E-state index contributed by atoms with van der Waals surface area (Å²) >= 11 is 3.16. The summed E-state index contributed by atoms with van der Waals surface area (Å²) in [4.78, 5) is 27.6. The molecular formula is C18H20BrF2N3O4. The zero-order valence-electron chi connectivity index (χ0n) is 15.3. The number of nitrogens with zero attached hydrogens (tertiary/aromatic N) is 2. The van der Waals surface area contributed by atoms with E-state index in [0.29, 0.717) is 13.0 Å². The summed E-state index contributed by atoms with van der Waals surface area (Å²) in [5.41, 5.74) is -0.292. The summed E-state index contributed by atoms with van der Waals surface area (Å²) < 4.78 is 33.7. The average Bonchev–Trinajstić information content (AvgIpc) is 2.61. The van der Waals surface area contributed by atoms with Crippen molar-refractivity contribution < 1.29 is 23.4 Å². The average molecular weight is 460 g/mol. The molecule has 2 aromatic rings. The number of carbonyl (C=O) groups is 1. The van der Waals surface area contributed by atoms with Gasteiger partial charge in [-0.1, -0.05) is 0 Å². The minimum atomic E-state index is -0.919. The predicted octanol–water partition coefficient (Wildman–Crippen LogP) is 3.72. The molecule has 10 heteroatoms. The molecule has 1 heterocycles. The van der Waals surface area contributed by atoms with E-state index in [-0.39, 0.29) is 40.9 Å². The first kappa shape index (κ1) is 21.8. The molecule has 0 aliphatic carbocycles. The van der Waals surface area contributed by atoms with Gasteiger partial charge in [0.15, 0.2) is 0 Å². The van der Waals surface area contributed by atoms with Gasteiger partial charge >= 0.3 is 5.97 Å². The van der Waals surface area contributed by atoms with Gasteiger partial charge in [0.1, 0.15) is 22.7 Å². The largest absolute Gasteiger partial charge is 0.481 e. The van der Waals surface area contributed by atoms with Crippen LogP contribution in [0.1, 0.15) is 38.3 Å². The van der Waals surface area contributed by atoms with Crippen molar-refractivity contribution in [3.8, 4) is 5.88 Å². The Hall–Kier alpha value is -2.49. The number of anilines is 1. The first-order chi connectivity index (χ1) is 13.2. The summed E-state index contributed by atoms with van der Waals surface area (Å²) in [6.07, 6.45) is 0.318. The van der Waals surface area contributed by atoms with Gasteiger partial charge in [-0.25, -0.2) is 8.78 Å². The fraction of sp³-hybridized carbons (Fsp3) is 0.389. The Bertz CT molecular complexity index is 918. The molecule has 7 nitrogen and oxygen atoms in total. The van der Waals surface area contributed by atoms with Crippen LogP contribution in [-0.2, 0) is 11.4 Å². The van der Waals surface area contributed by atoms with Crippen LogP contribution < -0.4 is 15.6 Å². The van der Waals surface area contributed by atoms with Gasteiger partial charge in [-0.2, -0.15) is 4.98 Å². The van der Waals surface area contributed by atoms with Crippen molar-refractivity contribution in [3.05, 3.63) is 50.2 Å². The van der Waals surface area contributed by atoms with Gasteiger partial charge in [0.2, 0.25) is 11.8 Å². The highest BCUT2D eigenvalue weighted by molar-refractivity contribution is 9.10. The van der Waals surface area contributed by atoms with Crippen LogP contribution >= 0.6 is 15.9 Å². The Kier molecular flexibility index (Phi) is 7.50. The standard InChI is InChI=1S/C18H20BrF2N3O4/c1-10(2)24-17(27)15(19)16(23-18(24)22-7-3-4-14(25)26)28-9-11-5-6-12(20)8-13(11)21/h5-6,8,10H,3-4,7,9H2,1-2H3,(H,22,23)(H,25,26). The van der Waals surface area contributed by atoms with Crippen LogP contribution in [0.3, 0.4) is 0 Å². The maximum absolute atomic E-state index is 13.8. The number of ether oxygens (including phenoxy) is 1. The van der Waals surface area contributed by atoms with Gasteiger partial charge in [0, 0.05) is 30.6 Å². The van der Waals surface area contributed by atoms with Gasteiger partial charge in [-0.15, -0.1) is 0 Å². The third-order valence-corrected chi connectivity index (χ3v) is 4.45. The number of rotatable bonds is 9. The second-order valence-electron chi connectivity index (χ2n) is 6.27. The van der Waals surface area contributed by atoms with Crippen LogP contribution in [-0.4, -0.2) is 27.2 Å². The van der Waals surface area contributed by atoms with E-state index in [1.165, 1.54) is 10.6 Å². The van der Waals surface area contributed by atoms with Crippen LogP contribution in [0.4, 0.5) is 14.7 Å². The second kappa shape index (κ2) is 9.63. The fourth-order valence-electron chi connectivity index (χ4n) is 2.42. The molecule has 0 spiro atoms. The van der Waals surface area contributed by atoms with Crippen molar-refractivity contribution >= 4 is 27.8 Å². The summed E-state index contributed by atoms with van der Waals surface area (Å²) in [5, 5.41) is 11.7. The van der Waals surface area contributed by atoms with Crippen molar-refractivity contribution in [1.29, 1.82) is 0 Å². The smallest absolute Gasteiger partial charge is 0.303 e. The first-order valence-electron chi connectivity index (χ1n) is 8.55. The molecular weight excluding hydrogens is 440 g/mol. The van der Waals surface area contributed by atoms with E-state index in [9.17, 15) is 18.4 Å². The molecule has 0 saturated heterocycles. The van der Waals surface area contributed by atoms with Crippen molar-refractivity contribution in [3.63, 3.8) is 0 Å². The minimum absolute atomic E-state index is 0.0252. The molecule has 0 atom stereocenters. The number of carboxylic acid groups (broad SMARTS) is 1. The lowest BCUT2D eigenvalue weighted by molar-refractivity contribution is -0.137. The summed E-state index contributed by atoms with van der Waals surface area (Å²) in [5.74, 6) is -2.22. The number of hydrogen-bond donors (Lipinski definition) is 2. The van der Waals surface area contributed by atoms with Crippen molar-refractivity contribution in [2.45, 2.75) is 39.3 Å². The number of carboxylic acids is 1. The molecule has 0 saturated carbocycles. The van der Waals surface area contributed by atoms with E-state index in [4.69, 9.17) is 9.84 Å². The number of halogens is 3. The van der Waals surface area contributed by atoms with E-state index in [1.807, 2.05) is 0 Å². The second-order valence-corrected chi connectivity index (χ2v) is 7.06. The highest BCUT2D eigenvalue weighted by atomic mass is 79.9. The van der Waals surface area contributed by atoms with Crippen molar-refractivity contribution in [1.82, 2.24) is 9.55 Å². The third-order valence-electron chi connectivity index (χ3n) is 3.78. The summed E-state index contributed by atoms with van der Waals surface area (Å²) in [6.45, 7) is 3.64. The van der Waals surface area contributed by atoms with Crippen LogP contribution in [0, 0.1) is 11.6 Å². The monoisotopic (exact) mass is 459 g/mol. The summed E-state index contributed by atoms with van der Waals surface area (Å²) in [6, 6.07) is 2.88. The van der Waals surface area contributed by atoms with Crippen molar-refractivity contribution in [2.75, 3.05) is 11.9 Å². The Morgan fingerprint density at radius 3 is 2.71 bits per heavy atom. The number of hydrogen-bond acceptors (Lipinski definition) is 5. The molecule has 152 valence electrons. The molecule has 0 aliphatic rings. The van der Waals surface area contributed by atoms with E-state index >= 15 is 0 Å². The SMILES string of the molecule is CC(C)n1c(NCCCC(=O)O)nc(OCc2ccc(F)cc2F)c(Br)c1=O. The number of aromatic nitrogens is 2. The van der Waals surface area contributed by atoms with E-state index in [2.05, 4.69) is 26.2 Å². The molecule has 2 N–H and O–H groups in total. The van der Waals surface area contributed by atoms with Gasteiger partial charge in [-0.3, -0.25) is 14.2 Å². The highest BCUT2D eigenvalue weighted by Crippen LogP contribution is 2.24. The van der Waals surface area contributed by atoms with Gasteiger partial charge in [0.25, 0.3) is 5.56 Å². The normalized spacial score (nSPS) is 10.9. The molecule has 0 radical (unpaired) electrons. The first-order valence-corrected chi connectivity index (χ1v) is 9.34. The lowest BCUT2D eigenvalue weighted by Gasteiger charge is -2.18. The molecule has 28 heavy (non-hydrogen) atoms. The quantitative estimate of drug-likeness (QED) is 0.555. The van der Waals surface area contributed by atoms with E-state index < -0.39 is 23.2 Å². The van der Waals surface area contributed by atoms with Crippen LogP contribution in [0.15, 0.2) is 27.5 Å².